The highest BCUT2D eigenvalue weighted by Gasteiger charge is 2.14. The largest absolute Gasteiger partial charge is 0.504 e. The van der Waals surface area contributed by atoms with Crippen LogP contribution < -0.4 is 30.2 Å². The quantitative estimate of drug-likeness (QED) is 0.0525. The van der Waals surface area contributed by atoms with Crippen molar-refractivity contribution in [1.29, 1.82) is 0 Å². The van der Waals surface area contributed by atoms with Crippen LogP contribution >= 0.6 is 81.2 Å². The Balaban J connectivity index is 0.000000170. The van der Waals surface area contributed by atoms with Gasteiger partial charge in [-0.15, -0.1) is 0 Å². The van der Waals surface area contributed by atoms with Gasteiger partial charge in [-0.05, 0) is 142 Å². The molecular weight excluding hydrogens is 1130 g/mol. The van der Waals surface area contributed by atoms with E-state index in [0.29, 0.717) is 74.9 Å². The zero-order chi connectivity index (χ0) is 55.8. The van der Waals surface area contributed by atoms with Crippen LogP contribution in [0.25, 0.3) is 0 Å². The summed E-state index contributed by atoms with van der Waals surface area (Å²) in [5, 5.41) is 42.1. The zero-order valence-corrected chi connectivity index (χ0v) is 47.7. The van der Waals surface area contributed by atoms with E-state index in [4.69, 9.17) is 95.4 Å². The molecular formula is C62H54Cl7N3O6. The van der Waals surface area contributed by atoms with Gasteiger partial charge in [-0.2, -0.15) is 0 Å². The van der Waals surface area contributed by atoms with E-state index in [9.17, 15) is 15.3 Å². The van der Waals surface area contributed by atoms with Crippen LogP contribution in [0.15, 0.2) is 188 Å². The van der Waals surface area contributed by atoms with Crippen LogP contribution in [0.4, 0.5) is 17.1 Å². The molecule has 0 amide bonds. The molecule has 0 aliphatic heterocycles. The molecule has 402 valence electrons. The van der Waals surface area contributed by atoms with Crippen LogP contribution in [-0.4, -0.2) is 15.3 Å². The van der Waals surface area contributed by atoms with Crippen molar-refractivity contribution in [2.24, 2.45) is 0 Å². The molecule has 0 bridgehead atoms. The molecule has 0 aliphatic rings. The predicted molar refractivity (Wildman–Crippen MR) is 323 cm³/mol. The summed E-state index contributed by atoms with van der Waals surface area (Å²) in [5.41, 5.74) is 6.93. The van der Waals surface area contributed by atoms with E-state index in [1.54, 1.807) is 42.5 Å². The Morgan fingerprint density at radius 1 is 0.359 bits per heavy atom. The Morgan fingerprint density at radius 2 is 0.718 bits per heavy atom. The summed E-state index contributed by atoms with van der Waals surface area (Å²) < 4.78 is 17.6. The Hall–Kier alpha value is -6.79. The highest BCUT2D eigenvalue weighted by atomic mass is 35.5. The molecule has 9 rings (SSSR count). The van der Waals surface area contributed by atoms with Crippen LogP contribution in [-0.2, 0) is 31.7 Å². The minimum Gasteiger partial charge on any atom is -0.504 e. The Bertz CT molecular complexity index is 3420. The molecule has 78 heavy (non-hydrogen) atoms. The average molecular weight is 1190 g/mol. The Morgan fingerprint density at radius 3 is 1.12 bits per heavy atom. The lowest BCUT2D eigenvalue weighted by molar-refractivity contribution is 0.306. The first-order valence-corrected chi connectivity index (χ1v) is 26.9. The molecule has 0 radical (unpaired) electrons. The van der Waals surface area contributed by atoms with Gasteiger partial charge in [0, 0.05) is 39.7 Å². The number of anilines is 3. The van der Waals surface area contributed by atoms with Gasteiger partial charge in [0.15, 0.2) is 17.2 Å². The van der Waals surface area contributed by atoms with Gasteiger partial charge in [-0.1, -0.05) is 181 Å². The number of hydrogen-bond donors (Lipinski definition) is 6. The minimum absolute atomic E-state index is 0.0115. The van der Waals surface area contributed by atoms with Crippen molar-refractivity contribution in [3.8, 4) is 46.0 Å². The maximum Gasteiger partial charge on any atom is 0.157 e. The van der Waals surface area contributed by atoms with Gasteiger partial charge in [0.1, 0.15) is 35.4 Å². The number of halogens is 7. The maximum atomic E-state index is 10.1. The van der Waals surface area contributed by atoms with E-state index in [1.165, 1.54) is 23.8 Å². The number of phenolic OH excluding ortho intramolecular Hbond substituents is 3. The van der Waals surface area contributed by atoms with Crippen LogP contribution in [0.3, 0.4) is 0 Å². The molecule has 0 saturated carbocycles. The van der Waals surface area contributed by atoms with Crippen LogP contribution in [0, 0.1) is 0 Å². The summed E-state index contributed by atoms with van der Waals surface area (Å²) in [7, 11) is 0. The van der Waals surface area contributed by atoms with E-state index < -0.39 is 0 Å². The van der Waals surface area contributed by atoms with Gasteiger partial charge in [0.2, 0.25) is 0 Å². The summed E-state index contributed by atoms with van der Waals surface area (Å²) in [6.07, 6.45) is 0. The summed E-state index contributed by atoms with van der Waals surface area (Å²) in [4.78, 5) is 0. The highest BCUT2D eigenvalue weighted by Crippen LogP contribution is 2.38. The third kappa shape index (κ3) is 18.1. The monoisotopic (exact) mass is 1180 g/mol. The van der Waals surface area contributed by atoms with Crippen molar-refractivity contribution in [3.05, 3.63) is 251 Å². The number of rotatable bonds is 16. The summed E-state index contributed by atoms with van der Waals surface area (Å²) in [5.74, 6) is 3.67. The summed E-state index contributed by atoms with van der Waals surface area (Å²) >= 11 is 41.6. The minimum atomic E-state index is -0.0281. The second-order valence-corrected chi connectivity index (χ2v) is 21.5. The van der Waals surface area contributed by atoms with Gasteiger partial charge in [-0.25, -0.2) is 0 Å². The standard InChI is InChI=1S/C23H23Cl2NO2.C20H17Cl2NO2.C19H14Cl3NO2/c1-23(2,3)16-7-9-18(10-8-16)28-19-6-4-5-15(11-19)14-26-21-13-17(24)12-20(25)22(21)27;21-16-10-18(22)20(24)19(11-16)23-12-15-7-4-8-17(9-15)25-13-14-5-2-1-3-6-14;20-13-4-6-15(7-5-13)25-16-3-1-2-12(8-16)11-23-18-10-14(21)9-17(22)19(18)24/h4-13,26-27H,14H2,1-3H3;1-11,23-24H,12-13H2;1-10,23-24H,11H2. The van der Waals surface area contributed by atoms with E-state index >= 15 is 0 Å². The fraction of sp³-hybridized carbons (Fsp3) is 0.129. The number of phenols is 3. The lowest BCUT2D eigenvalue weighted by Gasteiger charge is -2.19. The van der Waals surface area contributed by atoms with E-state index in [-0.39, 0.29) is 37.7 Å². The fourth-order valence-corrected chi connectivity index (χ4v) is 9.02. The summed E-state index contributed by atoms with van der Waals surface area (Å²) in [6, 6.07) is 57.9. The molecule has 9 aromatic rings. The third-order valence-electron chi connectivity index (χ3n) is 11.5. The van der Waals surface area contributed by atoms with Crippen molar-refractivity contribution in [3.63, 3.8) is 0 Å². The molecule has 0 atom stereocenters. The molecule has 0 fully saturated rings. The number of ether oxygens (including phenoxy) is 3. The smallest absolute Gasteiger partial charge is 0.157 e. The second kappa shape index (κ2) is 28.2. The normalized spacial score (nSPS) is 10.8. The second-order valence-electron chi connectivity index (χ2n) is 18.6. The Kier molecular flexibility index (Phi) is 21.3. The van der Waals surface area contributed by atoms with Crippen molar-refractivity contribution < 1.29 is 29.5 Å². The van der Waals surface area contributed by atoms with Gasteiger partial charge in [-0.3, -0.25) is 0 Å². The maximum absolute atomic E-state index is 10.1. The number of benzene rings is 9. The Labute approximate surface area is 489 Å². The lowest BCUT2D eigenvalue weighted by Crippen LogP contribution is -2.10. The number of nitrogens with one attached hydrogen (secondary N) is 3. The molecule has 0 saturated heterocycles. The average Bonchev–Trinajstić information content (AvgIpc) is 3.42. The first-order valence-electron chi connectivity index (χ1n) is 24.3. The third-order valence-corrected chi connectivity index (χ3v) is 13.3. The molecule has 0 aromatic heterocycles. The molecule has 0 unspecified atom stereocenters. The fourth-order valence-electron chi connectivity index (χ4n) is 7.42. The van der Waals surface area contributed by atoms with Crippen LogP contribution in [0.5, 0.6) is 46.0 Å². The zero-order valence-electron chi connectivity index (χ0n) is 42.4. The number of hydrogen-bond acceptors (Lipinski definition) is 9. The molecule has 9 aromatic carbocycles. The van der Waals surface area contributed by atoms with Crippen LogP contribution in [0.2, 0.25) is 35.2 Å². The molecule has 6 N–H and O–H groups in total. The molecule has 0 spiro atoms. The topological polar surface area (TPSA) is 124 Å². The van der Waals surface area contributed by atoms with Crippen molar-refractivity contribution in [1.82, 2.24) is 0 Å². The first-order chi connectivity index (χ1) is 37.3. The van der Waals surface area contributed by atoms with E-state index in [2.05, 4.69) is 48.9 Å². The molecule has 16 heteroatoms. The van der Waals surface area contributed by atoms with E-state index in [1.807, 2.05) is 115 Å². The molecule has 0 heterocycles. The van der Waals surface area contributed by atoms with Crippen molar-refractivity contribution >= 4 is 98.3 Å². The van der Waals surface area contributed by atoms with Crippen LogP contribution in [0.1, 0.15) is 48.6 Å². The molecule has 0 aliphatic carbocycles. The number of aromatic hydroxyl groups is 3. The summed E-state index contributed by atoms with van der Waals surface area (Å²) in [6.45, 7) is 8.54. The highest BCUT2D eigenvalue weighted by molar-refractivity contribution is 6.37. The first kappa shape index (κ1) is 58.9. The molecule has 9 nitrogen and oxygen atoms in total. The lowest BCUT2D eigenvalue weighted by atomic mass is 9.87. The van der Waals surface area contributed by atoms with Gasteiger partial charge >= 0.3 is 0 Å². The van der Waals surface area contributed by atoms with Crippen molar-refractivity contribution in [2.75, 3.05) is 16.0 Å². The van der Waals surface area contributed by atoms with Gasteiger partial charge in [0.05, 0.1) is 32.1 Å². The van der Waals surface area contributed by atoms with Gasteiger partial charge in [0.25, 0.3) is 0 Å². The van der Waals surface area contributed by atoms with Gasteiger partial charge < -0.3 is 45.5 Å². The van der Waals surface area contributed by atoms with E-state index in [0.717, 1.165) is 39.5 Å². The SMILES string of the molecule is CC(C)(C)c1ccc(Oc2cccc(CNc3cc(Cl)cc(Cl)c3O)c2)cc1.Oc1c(Cl)cc(Cl)cc1NCc1cccc(OCc2ccccc2)c1.Oc1c(Cl)cc(Cl)cc1NCc1cccc(Oc2ccc(Cl)cc2)c1. The van der Waals surface area contributed by atoms with Crippen molar-refractivity contribution in [2.45, 2.75) is 52.4 Å². The predicted octanol–water partition coefficient (Wildman–Crippen LogP) is 20.0.